The quantitative estimate of drug-likeness (QED) is 0.581. The lowest BCUT2D eigenvalue weighted by atomic mass is 10.1. The molecule has 0 bridgehead atoms. The van der Waals surface area contributed by atoms with E-state index in [0.717, 1.165) is 11.1 Å². The van der Waals surface area contributed by atoms with Gasteiger partial charge >= 0.3 is 5.97 Å². The van der Waals surface area contributed by atoms with E-state index in [9.17, 15) is 14.4 Å². The van der Waals surface area contributed by atoms with E-state index in [2.05, 4.69) is 10.6 Å². The molecule has 0 aliphatic heterocycles. The molecule has 0 radical (unpaired) electrons. The third-order valence-corrected chi connectivity index (χ3v) is 4.48. The Balaban J connectivity index is 1.57. The number of esters is 1. The second-order valence-electron chi connectivity index (χ2n) is 6.74. The molecular weight excluding hydrogens is 384 g/mol. The fourth-order valence-electron chi connectivity index (χ4n) is 2.80. The summed E-state index contributed by atoms with van der Waals surface area (Å²) in [4.78, 5) is 36.6. The Bertz CT molecular complexity index is 1030. The van der Waals surface area contributed by atoms with Gasteiger partial charge in [-0.15, -0.1) is 0 Å². The fraction of sp³-hybridized carbons (Fsp3) is 0.174. The predicted molar refractivity (Wildman–Crippen MR) is 111 cm³/mol. The van der Waals surface area contributed by atoms with E-state index in [1.165, 1.54) is 18.4 Å². The van der Waals surface area contributed by atoms with Gasteiger partial charge < -0.3 is 19.8 Å². The number of furan rings is 1. The largest absolute Gasteiger partial charge is 0.459 e. The summed E-state index contributed by atoms with van der Waals surface area (Å²) in [6.07, 6.45) is 1.40. The van der Waals surface area contributed by atoms with Crippen LogP contribution < -0.4 is 10.6 Å². The van der Waals surface area contributed by atoms with Crippen LogP contribution >= 0.6 is 0 Å². The molecule has 0 spiro atoms. The van der Waals surface area contributed by atoms with Gasteiger partial charge in [-0.1, -0.05) is 36.4 Å². The minimum Gasteiger partial charge on any atom is -0.459 e. The maximum atomic E-state index is 12.3. The van der Waals surface area contributed by atoms with E-state index in [-0.39, 0.29) is 17.4 Å². The monoisotopic (exact) mass is 406 g/mol. The number of anilines is 1. The number of aryl methyl sites for hydroxylation is 1. The van der Waals surface area contributed by atoms with Crippen LogP contribution in [0, 0.1) is 6.92 Å². The molecule has 7 heteroatoms. The van der Waals surface area contributed by atoms with Gasteiger partial charge in [0.1, 0.15) is 0 Å². The summed E-state index contributed by atoms with van der Waals surface area (Å²) in [5.41, 5.74) is 2.39. The Labute approximate surface area is 174 Å². The number of nitrogens with one attached hydrogen (secondary N) is 2. The van der Waals surface area contributed by atoms with Gasteiger partial charge in [-0.05, 0) is 49.2 Å². The number of ether oxygens (including phenoxy) is 1. The molecule has 3 rings (SSSR count). The summed E-state index contributed by atoms with van der Waals surface area (Å²) in [5, 5.41) is 5.48. The highest BCUT2D eigenvalue weighted by Gasteiger charge is 2.16. The first kappa shape index (κ1) is 20.9. The molecule has 0 aliphatic rings. The molecule has 0 unspecified atom stereocenters. The Morgan fingerprint density at radius 3 is 2.50 bits per heavy atom. The van der Waals surface area contributed by atoms with Crippen molar-refractivity contribution < 1.29 is 23.5 Å². The van der Waals surface area contributed by atoms with Gasteiger partial charge in [-0.3, -0.25) is 9.59 Å². The average Bonchev–Trinajstić information content (AvgIpc) is 3.29. The zero-order valence-electron chi connectivity index (χ0n) is 16.7. The molecule has 1 heterocycles. The van der Waals surface area contributed by atoms with Crippen LogP contribution in [0.15, 0.2) is 71.3 Å². The first-order valence-corrected chi connectivity index (χ1v) is 9.41. The van der Waals surface area contributed by atoms with Crippen molar-refractivity contribution in [2.24, 2.45) is 0 Å². The molecule has 0 saturated carbocycles. The zero-order chi connectivity index (χ0) is 21.5. The highest BCUT2D eigenvalue weighted by molar-refractivity contribution is 6.03. The Hall–Kier alpha value is -3.87. The third kappa shape index (κ3) is 5.35. The average molecular weight is 406 g/mol. The maximum Gasteiger partial charge on any atom is 0.338 e. The lowest BCUT2D eigenvalue weighted by Gasteiger charge is -2.14. The van der Waals surface area contributed by atoms with Crippen LogP contribution in [0.5, 0.6) is 0 Å². The van der Waals surface area contributed by atoms with Crippen molar-refractivity contribution in [1.29, 1.82) is 0 Å². The molecule has 7 nitrogen and oxygen atoms in total. The predicted octanol–water partition coefficient (Wildman–Crippen LogP) is 3.87. The second-order valence-corrected chi connectivity index (χ2v) is 6.74. The lowest BCUT2D eigenvalue weighted by molar-refractivity contribution is -0.124. The summed E-state index contributed by atoms with van der Waals surface area (Å²) in [6, 6.07) is 17.2. The van der Waals surface area contributed by atoms with Gasteiger partial charge in [0.05, 0.1) is 17.9 Å². The minimum atomic E-state index is -0.661. The molecule has 2 amide bonds. The smallest absolute Gasteiger partial charge is 0.338 e. The molecule has 30 heavy (non-hydrogen) atoms. The van der Waals surface area contributed by atoms with E-state index < -0.39 is 24.4 Å². The first-order chi connectivity index (χ1) is 14.4. The number of carbonyl (C=O) groups is 3. The maximum absolute atomic E-state index is 12.3. The van der Waals surface area contributed by atoms with Crippen LogP contribution in [-0.4, -0.2) is 24.4 Å². The van der Waals surface area contributed by atoms with E-state index >= 15 is 0 Å². The van der Waals surface area contributed by atoms with Crippen molar-refractivity contribution >= 4 is 23.5 Å². The van der Waals surface area contributed by atoms with Crippen molar-refractivity contribution in [1.82, 2.24) is 5.32 Å². The molecule has 1 aromatic heterocycles. The first-order valence-electron chi connectivity index (χ1n) is 9.41. The van der Waals surface area contributed by atoms with E-state index in [4.69, 9.17) is 9.15 Å². The van der Waals surface area contributed by atoms with E-state index in [1.54, 1.807) is 25.1 Å². The van der Waals surface area contributed by atoms with Crippen LogP contribution in [0.4, 0.5) is 5.69 Å². The molecule has 0 aliphatic carbocycles. The van der Waals surface area contributed by atoms with E-state index in [0.29, 0.717) is 5.69 Å². The molecule has 0 fully saturated rings. The topological polar surface area (TPSA) is 97.6 Å². The molecular formula is C23H22N2O5. The van der Waals surface area contributed by atoms with Crippen molar-refractivity contribution in [3.8, 4) is 0 Å². The fourth-order valence-corrected chi connectivity index (χ4v) is 2.80. The SMILES string of the molecule is Cc1ccc(C(=O)OCC(=O)N[C@H](C)c2ccccc2)cc1NC(=O)c1ccco1. The van der Waals surface area contributed by atoms with Gasteiger partial charge in [-0.2, -0.15) is 0 Å². The standard InChI is InChI=1S/C23H22N2O5/c1-15-10-11-18(13-19(15)25-22(27)20-9-6-12-29-20)23(28)30-14-21(26)24-16(2)17-7-4-3-5-8-17/h3-13,16H,14H2,1-2H3,(H,24,26)(H,25,27)/t16-/m1/s1. The van der Waals surface area contributed by atoms with Crippen molar-refractivity contribution in [3.05, 3.63) is 89.4 Å². The lowest BCUT2D eigenvalue weighted by Crippen LogP contribution is -2.31. The Morgan fingerprint density at radius 2 is 1.80 bits per heavy atom. The summed E-state index contributed by atoms with van der Waals surface area (Å²) in [7, 11) is 0. The van der Waals surface area contributed by atoms with Gasteiger partial charge in [0.2, 0.25) is 0 Å². The summed E-state index contributed by atoms with van der Waals surface area (Å²) in [6.45, 7) is 3.24. The van der Waals surface area contributed by atoms with Crippen LogP contribution in [0.1, 0.15) is 45.0 Å². The van der Waals surface area contributed by atoms with Crippen molar-refractivity contribution in [2.45, 2.75) is 19.9 Å². The van der Waals surface area contributed by atoms with Crippen LogP contribution in [0.2, 0.25) is 0 Å². The molecule has 2 N–H and O–H groups in total. The summed E-state index contributed by atoms with van der Waals surface area (Å²) >= 11 is 0. The van der Waals surface area contributed by atoms with Gasteiger partial charge in [0.25, 0.3) is 11.8 Å². The third-order valence-electron chi connectivity index (χ3n) is 4.48. The van der Waals surface area contributed by atoms with Crippen LogP contribution in [-0.2, 0) is 9.53 Å². The number of amides is 2. The van der Waals surface area contributed by atoms with E-state index in [1.807, 2.05) is 37.3 Å². The molecule has 0 saturated heterocycles. The molecule has 2 aromatic carbocycles. The molecule has 154 valence electrons. The number of carbonyl (C=O) groups excluding carboxylic acids is 3. The van der Waals surface area contributed by atoms with Crippen LogP contribution in [0.3, 0.4) is 0 Å². The summed E-state index contributed by atoms with van der Waals surface area (Å²) < 4.78 is 10.2. The minimum absolute atomic E-state index is 0.159. The van der Waals surface area contributed by atoms with Crippen LogP contribution in [0.25, 0.3) is 0 Å². The molecule has 1 atom stereocenters. The highest BCUT2D eigenvalue weighted by Crippen LogP contribution is 2.19. The highest BCUT2D eigenvalue weighted by atomic mass is 16.5. The normalized spacial score (nSPS) is 11.4. The molecule has 3 aromatic rings. The summed E-state index contributed by atoms with van der Waals surface area (Å²) in [5.74, 6) is -1.33. The van der Waals surface area contributed by atoms with Gasteiger partial charge in [0.15, 0.2) is 12.4 Å². The Kier molecular flexibility index (Phi) is 6.64. The number of benzene rings is 2. The van der Waals surface area contributed by atoms with Crippen molar-refractivity contribution in [3.63, 3.8) is 0 Å². The number of hydrogen-bond acceptors (Lipinski definition) is 5. The van der Waals surface area contributed by atoms with Gasteiger partial charge in [-0.25, -0.2) is 4.79 Å². The second kappa shape index (κ2) is 9.56. The Morgan fingerprint density at radius 1 is 1.03 bits per heavy atom. The number of rotatable bonds is 7. The van der Waals surface area contributed by atoms with Gasteiger partial charge in [0, 0.05) is 5.69 Å². The number of hydrogen-bond donors (Lipinski definition) is 2. The van der Waals surface area contributed by atoms with Crippen molar-refractivity contribution in [2.75, 3.05) is 11.9 Å². The zero-order valence-corrected chi connectivity index (χ0v) is 16.7.